The van der Waals surface area contributed by atoms with Crippen molar-refractivity contribution in [2.24, 2.45) is 0 Å². The number of amides is 2. The van der Waals surface area contributed by atoms with E-state index in [1.165, 1.54) is 18.4 Å². The summed E-state index contributed by atoms with van der Waals surface area (Å²) in [5, 5.41) is 0. The van der Waals surface area contributed by atoms with Gasteiger partial charge < -0.3 is 13.9 Å². The number of carbonyl (C=O) groups is 2. The smallest absolute Gasteiger partial charge is 0.273 e. The largest absolute Gasteiger partial charge is 0.493 e. The molecule has 0 aliphatic carbocycles. The summed E-state index contributed by atoms with van der Waals surface area (Å²) in [6.45, 7) is 6.10. The second-order valence-corrected chi connectivity index (χ2v) is 6.23. The average molecular weight is 370 g/mol. The molecule has 0 spiro atoms. The Bertz CT molecular complexity index is 884. The lowest BCUT2D eigenvalue weighted by atomic mass is 10.1. The number of carbonyl (C=O) groups excluding carboxylic acids is 2. The summed E-state index contributed by atoms with van der Waals surface area (Å²) in [7, 11) is 0. The van der Waals surface area contributed by atoms with Crippen molar-refractivity contribution in [3.63, 3.8) is 0 Å². The predicted octanol–water partition coefficient (Wildman–Crippen LogP) is 2.78. The van der Waals surface area contributed by atoms with Gasteiger partial charge in [0.15, 0.2) is 0 Å². The van der Waals surface area contributed by atoms with Crippen LogP contribution in [0.5, 0.6) is 11.5 Å². The van der Waals surface area contributed by atoms with Crippen LogP contribution < -0.4 is 20.3 Å². The summed E-state index contributed by atoms with van der Waals surface area (Å²) in [6, 6.07) is 5.34. The van der Waals surface area contributed by atoms with Gasteiger partial charge in [-0.25, -0.2) is 0 Å². The molecule has 0 fully saturated rings. The molecule has 1 aliphatic heterocycles. The first-order valence-corrected chi connectivity index (χ1v) is 8.76. The zero-order valence-electron chi connectivity index (χ0n) is 15.5. The Morgan fingerprint density at radius 2 is 2.15 bits per heavy atom. The minimum atomic E-state index is -0.471. The van der Waals surface area contributed by atoms with Crippen molar-refractivity contribution in [2.45, 2.75) is 33.3 Å². The lowest BCUT2D eigenvalue weighted by Crippen LogP contribution is -2.40. The molecule has 0 unspecified atom stereocenters. The van der Waals surface area contributed by atoms with Crippen molar-refractivity contribution in [3.05, 3.63) is 53.0 Å². The van der Waals surface area contributed by atoms with Gasteiger partial charge in [0, 0.05) is 23.6 Å². The standard InChI is InChI=1S/C20H22N2O5/c1-4-25-17-11-15-9-12(2)27-18(15)10-14(17)5-6-19(23)21-22-20(24)16-7-8-26-13(16)3/h5-8,10-12H,4,9H2,1-3H3,(H,21,23)(H,22,24)/b6-5-/t12-/m1/s1. The van der Waals surface area contributed by atoms with E-state index < -0.39 is 11.8 Å². The monoisotopic (exact) mass is 370 g/mol. The first-order valence-electron chi connectivity index (χ1n) is 8.76. The molecule has 0 bridgehead atoms. The van der Waals surface area contributed by atoms with Crippen LogP contribution in [0.15, 0.2) is 35.0 Å². The van der Waals surface area contributed by atoms with Crippen molar-refractivity contribution in [2.75, 3.05) is 6.61 Å². The van der Waals surface area contributed by atoms with Crippen LogP contribution in [0.3, 0.4) is 0 Å². The topological polar surface area (TPSA) is 89.8 Å². The van der Waals surface area contributed by atoms with Crippen LogP contribution in [0.2, 0.25) is 0 Å². The third kappa shape index (κ3) is 4.31. The lowest BCUT2D eigenvalue weighted by molar-refractivity contribution is -0.117. The van der Waals surface area contributed by atoms with Gasteiger partial charge in [-0.3, -0.25) is 20.4 Å². The second-order valence-electron chi connectivity index (χ2n) is 6.23. The Labute approximate surface area is 157 Å². The van der Waals surface area contributed by atoms with Gasteiger partial charge >= 0.3 is 0 Å². The van der Waals surface area contributed by atoms with E-state index in [4.69, 9.17) is 13.9 Å². The molecular formula is C20H22N2O5. The molecular weight excluding hydrogens is 348 g/mol. The molecule has 0 saturated carbocycles. The number of hydrogen-bond acceptors (Lipinski definition) is 5. The van der Waals surface area contributed by atoms with E-state index in [0.717, 1.165) is 23.3 Å². The summed E-state index contributed by atoms with van der Waals surface area (Å²) in [5.41, 5.74) is 6.87. The third-order valence-corrected chi connectivity index (χ3v) is 4.15. The van der Waals surface area contributed by atoms with E-state index in [0.29, 0.717) is 23.7 Å². The number of hydrogen-bond donors (Lipinski definition) is 2. The van der Waals surface area contributed by atoms with Gasteiger partial charge in [0.2, 0.25) is 0 Å². The van der Waals surface area contributed by atoms with E-state index in [1.54, 1.807) is 13.0 Å². The molecule has 2 amide bonds. The number of hydrazine groups is 1. The minimum Gasteiger partial charge on any atom is -0.493 e. The maximum atomic E-state index is 12.0. The van der Waals surface area contributed by atoms with E-state index in [2.05, 4.69) is 10.9 Å². The molecule has 0 radical (unpaired) electrons. The first kappa shape index (κ1) is 18.6. The summed E-state index contributed by atoms with van der Waals surface area (Å²) in [5.74, 6) is 1.05. The minimum absolute atomic E-state index is 0.124. The molecule has 1 atom stereocenters. The highest BCUT2D eigenvalue weighted by atomic mass is 16.5. The van der Waals surface area contributed by atoms with Gasteiger partial charge in [0.25, 0.3) is 11.8 Å². The molecule has 2 N–H and O–H groups in total. The van der Waals surface area contributed by atoms with E-state index in [1.807, 2.05) is 26.0 Å². The average Bonchev–Trinajstić information content (AvgIpc) is 3.22. The predicted molar refractivity (Wildman–Crippen MR) is 99.5 cm³/mol. The Morgan fingerprint density at radius 3 is 2.85 bits per heavy atom. The van der Waals surface area contributed by atoms with Crippen molar-refractivity contribution < 1.29 is 23.5 Å². The van der Waals surface area contributed by atoms with Crippen LogP contribution in [-0.4, -0.2) is 24.5 Å². The van der Waals surface area contributed by atoms with Crippen LogP contribution in [0.25, 0.3) is 6.08 Å². The Morgan fingerprint density at radius 1 is 1.33 bits per heavy atom. The van der Waals surface area contributed by atoms with Gasteiger partial charge in [0.1, 0.15) is 23.4 Å². The SMILES string of the molecule is CCOc1cc2c(cc1/C=C\C(=O)NNC(=O)c1ccoc1C)O[C@H](C)C2. The molecule has 7 heteroatoms. The molecule has 0 saturated heterocycles. The number of fused-ring (bicyclic) bond motifs is 1. The number of aryl methyl sites for hydroxylation is 1. The summed E-state index contributed by atoms with van der Waals surface area (Å²) in [6.07, 6.45) is 5.32. The highest BCUT2D eigenvalue weighted by Gasteiger charge is 2.21. The number of ether oxygens (including phenoxy) is 2. The molecule has 2 heterocycles. The molecule has 1 aromatic carbocycles. The number of furan rings is 1. The van der Waals surface area contributed by atoms with Crippen molar-refractivity contribution >= 4 is 17.9 Å². The zero-order chi connectivity index (χ0) is 19.4. The molecule has 2 aromatic rings. The molecule has 142 valence electrons. The van der Waals surface area contributed by atoms with Gasteiger partial charge in [0.05, 0.1) is 18.4 Å². The summed E-state index contributed by atoms with van der Waals surface area (Å²) in [4.78, 5) is 24.0. The van der Waals surface area contributed by atoms with Crippen LogP contribution in [0.1, 0.15) is 41.1 Å². The molecule has 3 rings (SSSR count). The van der Waals surface area contributed by atoms with Crippen LogP contribution >= 0.6 is 0 Å². The molecule has 1 aliphatic rings. The third-order valence-electron chi connectivity index (χ3n) is 4.15. The highest BCUT2D eigenvalue weighted by molar-refractivity contribution is 5.98. The van der Waals surface area contributed by atoms with Crippen molar-refractivity contribution in [1.29, 1.82) is 0 Å². The van der Waals surface area contributed by atoms with Crippen LogP contribution in [-0.2, 0) is 11.2 Å². The summed E-state index contributed by atoms with van der Waals surface area (Å²) >= 11 is 0. The Balaban J connectivity index is 1.66. The molecule has 1 aromatic heterocycles. The molecule has 7 nitrogen and oxygen atoms in total. The van der Waals surface area contributed by atoms with E-state index in [-0.39, 0.29) is 6.10 Å². The van der Waals surface area contributed by atoms with Gasteiger partial charge in [-0.1, -0.05) is 0 Å². The molecule has 27 heavy (non-hydrogen) atoms. The maximum Gasteiger partial charge on any atom is 0.273 e. The maximum absolute atomic E-state index is 12.0. The fourth-order valence-electron chi connectivity index (χ4n) is 2.88. The van der Waals surface area contributed by atoms with Gasteiger partial charge in [-0.15, -0.1) is 0 Å². The fourth-order valence-corrected chi connectivity index (χ4v) is 2.88. The van der Waals surface area contributed by atoms with Gasteiger partial charge in [-0.05, 0) is 45.0 Å². The van der Waals surface area contributed by atoms with E-state index >= 15 is 0 Å². The van der Waals surface area contributed by atoms with Crippen molar-refractivity contribution in [3.8, 4) is 11.5 Å². The number of rotatable bonds is 5. The van der Waals surface area contributed by atoms with Crippen LogP contribution in [0, 0.1) is 6.92 Å². The normalized spacial score (nSPS) is 15.3. The lowest BCUT2D eigenvalue weighted by Gasteiger charge is -2.10. The second kappa shape index (κ2) is 7.99. The Kier molecular flexibility index (Phi) is 5.49. The van der Waals surface area contributed by atoms with Crippen LogP contribution in [0.4, 0.5) is 0 Å². The summed E-state index contributed by atoms with van der Waals surface area (Å²) < 4.78 is 16.5. The van der Waals surface area contributed by atoms with Gasteiger partial charge in [-0.2, -0.15) is 0 Å². The quantitative estimate of drug-likeness (QED) is 0.624. The fraction of sp³-hybridized carbons (Fsp3) is 0.300. The number of benzene rings is 1. The first-order chi connectivity index (χ1) is 13.0. The van der Waals surface area contributed by atoms with E-state index in [9.17, 15) is 9.59 Å². The highest BCUT2D eigenvalue weighted by Crippen LogP contribution is 2.35. The zero-order valence-corrected chi connectivity index (χ0v) is 15.5. The number of nitrogens with one attached hydrogen (secondary N) is 2. The van der Waals surface area contributed by atoms with Crippen molar-refractivity contribution in [1.82, 2.24) is 10.9 Å². The Hall–Kier alpha value is -3.22.